The fraction of sp³-hybridized carbons (Fsp3) is 0.200. The van der Waals surface area contributed by atoms with E-state index >= 15 is 0 Å². The smallest absolute Gasteiger partial charge is 0.329 e. The molecule has 0 atom stereocenters. The van der Waals surface area contributed by atoms with Gasteiger partial charge in [-0.2, -0.15) is 5.10 Å². The van der Waals surface area contributed by atoms with E-state index in [-0.39, 0.29) is 5.56 Å². The van der Waals surface area contributed by atoms with Crippen molar-refractivity contribution < 1.29 is 24.2 Å². The predicted octanol–water partition coefficient (Wildman–Crippen LogP) is 1.15. The van der Waals surface area contributed by atoms with E-state index in [1.54, 1.807) is 19.1 Å². The summed E-state index contributed by atoms with van der Waals surface area (Å²) < 4.78 is 5.38. The van der Waals surface area contributed by atoms with Crippen LogP contribution in [0.15, 0.2) is 41.5 Å². The molecule has 0 radical (unpaired) electrons. The number of hydrogen-bond acceptors (Lipinski definition) is 6. The molecule has 2 rings (SSSR count). The van der Waals surface area contributed by atoms with Crippen LogP contribution in [-0.4, -0.2) is 30.6 Å². The van der Waals surface area contributed by atoms with Crippen molar-refractivity contribution in [1.29, 1.82) is 0 Å². The Morgan fingerprint density at radius 2 is 1.89 bits per heavy atom. The van der Waals surface area contributed by atoms with Crippen LogP contribution in [0.3, 0.4) is 0 Å². The number of carbonyl (C=O) groups excluding carboxylic acids is 3. The summed E-state index contributed by atoms with van der Waals surface area (Å²) in [7, 11) is 0. The third kappa shape index (κ3) is 5.16. The fourth-order valence-electron chi connectivity index (χ4n) is 2.34. The average molecular weight is 382 g/mol. The predicted molar refractivity (Wildman–Crippen MR) is 102 cm³/mol. The molecule has 0 aliphatic rings. The van der Waals surface area contributed by atoms with E-state index in [2.05, 4.69) is 15.8 Å². The molecule has 2 aromatic rings. The minimum absolute atomic E-state index is 0.0658. The van der Waals surface area contributed by atoms with Gasteiger partial charge in [0.25, 0.3) is 0 Å². The number of hydrogen-bond donors (Lipinski definition) is 2. The number of nitrogens with zero attached hydrogens (tertiary/aromatic N) is 1. The Balaban J connectivity index is 2.08. The molecule has 146 valence electrons. The lowest BCUT2D eigenvalue weighted by molar-refractivity contribution is -0.255. The Morgan fingerprint density at radius 1 is 1.14 bits per heavy atom. The van der Waals surface area contributed by atoms with Crippen LogP contribution < -0.4 is 20.6 Å². The van der Waals surface area contributed by atoms with Crippen LogP contribution in [0.25, 0.3) is 0 Å². The summed E-state index contributed by atoms with van der Waals surface area (Å²) in [6.45, 7) is 5.86. The normalized spacial score (nSPS) is 10.5. The highest BCUT2D eigenvalue weighted by Gasteiger charge is 2.14. The van der Waals surface area contributed by atoms with E-state index in [0.29, 0.717) is 23.6 Å². The van der Waals surface area contributed by atoms with E-state index in [4.69, 9.17) is 4.74 Å². The number of carboxylic acid groups (broad SMARTS) is 1. The van der Waals surface area contributed by atoms with Crippen LogP contribution >= 0.6 is 0 Å². The molecule has 2 aromatic carbocycles. The molecule has 0 aromatic heterocycles. The van der Waals surface area contributed by atoms with Crippen molar-refractivity contribution in [2.75, 3.05) is 11.9 Å². The minimum atomic E-state index is -1.35. The maximum atomic E-state index is 12.0. The van der Waals surface area contributed by atoms with Crippen LogP contribution in [0.1, 0.15) is 34.0 Å². The van der Waals surface area contributed by atoms with Crippen molar-refractivity contribution in [3.8, 4) is 5.75 Å². The van der Waals surface area contributed by atoms with Crippen LogP contribution in [0.4, 0.5) is 5.69 Å². The zero-order chi connectivity index (χ0) is 20.7. The van der Waals surface area contributed by atoms with Crippen molar-refractivity contribution >= 4 is 29.7 Å². The third-order valence-corrected chi connectivity index (χ3v) is 3.97. The second-order valence-corrected chi connectivity index (χ2v) is 5.87. The molecular formula is C20H20N3O5-. The minimum Gasteiger partial charge on any atom is -0.545 e. The van der Waals surface area contributed by atoms with Crippen molar-refractivity contribution in [2.24, 2.45) is 5.10 Å². The first-order valence-electron chi connectivity index (χ1n) is 8.52. The first-order chi connectivity index (χ1) is 13.3. The number of rotatable bonds is 6. The van der Waals surface area contributed by atoms with E-state index < -0.39 is 17.8 Å². The van der Waals surface area contributed by atoms with E-state index in [1.807, 2.05) is 19.9 Å². The van der Waals surface area contributed by atoms with Gasteiger partial charge in [0, 0.05) is 11.3 Å². The maximum absolute atomic E-state index is 12.0. The SMILES string of the molecule is CCOc1ccc(C(=O)[O-])cc1/C=N\NC(=O)C(=O)Nc1cccc(C)c1C. The standard InChI is InChI=1S/C20H21N3O5/c1-4-28-17-9-8-14(20(26)27)10-15(17)11-21-23-19(25)18(24)22-16-7-5-6-12(2)13(16)3/h5-11H,4H2,1-3H3,(H,22,24)(H,23,25)(H,26,27)/p-1/b21-11-. The van der Waals surface area contributed by atoms with Crippen LogP contribution in [-0.2, 0) is 9.59 Å². The summed E-state index contributed by atoms with van der Waals surface area (Å²) in [6, 6.07) is 9.46. The highest BCUT2D eigenvalue weighted by Crippen LogP contribution is 2.19. The van der Waals surface area contributed by atoms with Gasteiger partial charge < -0.3 is 20.0 Å². The maximum Gasteiger partial charge on any atom is 0.329 e. The number of carboxylic acids is 1. The molecule has 0 aliphatic carbocycles. The summed E-state index contributed by atoms with van der Waals surface area (Å²) in [5.41, 5.74) is 4.72. The lowest BCUT2D eigenvalue weighted by atomic mass is 10.1. The lowest BCUT2D eigenvalue weighted by Gasteiger charge is -2.10. The highest BCUT2D eigenvalue weighted by molar-refractivity contribution is 6.39. The number of nitrogens with one attached hydrogen (secondary N) is 2. The highest BCUT2D eigenvalue weighted by atomic mass is 16.5. The monoisotopic (exact) mass is 382 g/mol. The van der Waals surface area contributed by atoms with Crippen molar-refractivity contribution in [3.05, 3.63) is 58.7 Å². The first-order valence-corrected chi connectivity index (χ1v) is 8.52. The summed E-state index contributed by atoms with van der Waals surface area (Å²) in [6.07, 6.45) is 1.19. The number of aryl methyl sites for hydroxylation is 1. The Kier molecular flexibility index (Phi) is 6.86. The number of hydrazone groups is 1. The number of ether oxygens (including phenoxy) is 1. The average Bonchev–Trinajstić information content (AvgIpc) is 2.66. The number of benzene rings is 2. The van der Waals surface area contributed by atoms with Gasteiger partial charge in [-0.1, -0.05) is 12.1 Å². The van der Waals surface area contributed by atoms with Crippen molar-refractivity contribution in [2.45, 2.75) is 20.8 Å². The number of amides is 2. The molecule has 8 heteroatoms. The third-order valence-electron chi connectivity index (χ3n) is 3.97. The summed E-state index contributed by atoms with van der Waals surface area (Å²) in [5, 5.41) is 17.2. The van der Waals surface area contributed by atoms with Gasteiger partial charge in [0.1, 0.15) is 5.75 Å². The Hall–Kier alpha value is -3.68. The Labute approximate surface area is 162 Å². The summed E-state index contributed by atoms with van der Waals surface area (Å²) in [4.78, 5) is 35.0. The molecule has 28 heavy (non-hydrogen) atoms. The second kappa shape index (κ2) is 9.31. The summed E-state index contributed by atoms with van der Waals surface area (Å²) in [5.74, 6) is -2.81. The number of aromatic carboxylic acids is 1. The molecule has 2 N–H and O–H groups in total. The largest absolute Gasteiger partial charge is 0.545 e. The molecule has 0 heterocycles. The van der Waals surface area contributed by atoms with E-state index in [9.17, 15) is 19.5 Å². The fourth-order valence-corrected chi connectivity index (χ4v) is 2.34. The molecule has 0 aliphatic heterocycles. The molecule has 0 unspecified atom stereocenters. The van der Waals surface area contributed by atoms with Crippen LogP contribution in [0.2, 0.25) is 0 Å². The zero-order valence-corrected chi connectivity index (χ0v) is 15.7. The molecular weight excluding hydrogens is 362 g/mol. The van der Waals surface area contributed by atoms with Crippen LogP contribution in [0, 0.1) is 13.8 Å². The van der Waals surface area contributed by atoms with E-state index in [0.717, 1.165) is 11.1 Å². The first kappa shape index (κ1) is 20.6. The van der Waals surface area contributed by atoms with E-state index in [1.165, 1.54) is 24.4 Å². The molecule has 0 bridgehead atoms. The van der Waals surface area contributed by atoms with Crippen LogP contribution in [0.5, 0.6) is 5.75 Å². The number of anilines is 1. The van der Waals surface area contributed by atoms with Gasteiger partial charge in [-0.15, -0.1) is 0 Å². The number of carbonyl (C=O) groups is 3. The molecule has 2 amide bonds. The second-order valence-electron chi connectivity index (χ2n) is 5.87. The zero-order valence-electron chi connectivity index (χ0n) is 15.7. The molecule has 0 saturated carbocycles. The van der Waals surface area contributed by atoms with Gasteiger partial charge in [-0.25, -0.2) is 5.43 Å². The van der Waals surface area contributed by atoms with Gasteiger partial charge in [-0.3, -0.25) is 9.59 Å². The molecule has 0 saturated heterocycles. The van der Waals surface area contributed by atoms with Gasteiger partial charge in [0.2, 0.25) is 0 Å². The molecule has 8 nitrogen and oxygen atoms in total. The van der Waals surface area contributed by atoms with Crippen molar-refractivity contribution in [3.63, 3.8) is 0 Å². The van der Waals surface area contributed by atoms with Gasteiger partial charge in [-0.05, 0) is 61.7 Å². The molecule has 0 fully saturated rings. The van der Waals surface area contributed by atoms with Crippen molar-refractivity contribution in [1.82, 2.24) is 5.43 Å². The summed E-state index contributed by atoms with van der Waals surface area (Å²) >= 11 is 0. The van der Waals surface area contributed by atoms with Gasteiger partial charge in [0.05, 0.1) is 18.8 Å². The van der Waals surface area contributed by atoms with Gasteiger partial charge >= 0.3 is 11.8 Å². The quantitative estimate of drug-likeness (QED) is 0.441. The Morgan fingerprint density at radius 3 is 2.57 bits per heavy atom. The Bertz CT molecular complexity index is 937. The lowest BCUT2D eigenvalue weighted by Crippen LogP contribution is -2.32. The molecule has 0 spiro atoms. The topological polar surface area (TPSA) is 120 Å². The van der Waals surface area contributed by atoms with Gasteiger partial charge in [0.15, 0.2) is 0 Å².